The summed E-state index contributed by atoms with van der Waals surface area (Å²) in [6, 6.07) is 4.51. The number of carbonyl (C=O) groups excluding carboxylic acids is 1. The van der Waals surface area contributed by atoms with Gasteiger partial charge >= 0.3 is 0 Å². The molecule has 0 radical (unpaired) electrons. The number of rotatable bonds is 5. The topological polar surface area (TPSA) is 64.8 Å². The van der Waals surface area contributed by atoms with Crippen LogP contribution in [0.3, 0.4) is 0 Å². The highest BCUT2D eigenvalue weighted by atomic mass is 35.5. The van der Waals surface area contributed by atoms with E-state index in [1.54, 1.807) is 23.1 Å². The third kappa shape index (κ3) is 5.69. The van der Waals surface area contributed by atoms with Crippen molar-refractivity contribution in [2.24, 2.45) is 5.73 Å². The van der Waals surface area contributed by atoms with E-state index in [1.165, 1.54) is 7.11 Å². The van der Waals surface area contributed by atoms with Crippen molar-refractivity contribution in [3.63, 3.8) is 0 Å². The second-order valence-electron chi connectivity index (χ2n) is 5.30. The van der Waals surface area contributed by atoms with Crippen LogP contribution in [0.25, 0.3) is 0 Å². The molecular formula is C15H21Cl3N2O3. The van der Waals surface area contributed by atoms with E-state index in [-0.39, 0.29) is 31.0 Å². The second-order valence-corrected chi connectivity index (χ2v) is 6.12. The largest absolute Gasteiger partial charge is 0.489 e. The van der Waals surface area contributed by atoms with Crippen molar-refractivity contribution < 1.29 is 14.3 Å². The molecule has 1 amide bonds. The fourth-order valence-electron chi connectivity index (χ4n) is 2.46. The Hall–Kier alpha value is -0.720. The normalized spacial score (nSPS) is 19.0. The molecule has 23 heavy (non-hydrogen) atoms. The summed E-state index contributed by atoms with van der Waals surface area (Å²) in [7, 11) is 1.53. The van der Waals surface area contributed by atoms with Gasteiger partial charge in [0.1, 0.15) is 17.9 Å². The molecule has 130 valence electrons. The first-order valence-corrected chi connectivity index (χ1v) is 7.92. The molecule has 0 saturated carbocycles. The maximum Gasteiger partial charge on any atom is 0.242 e. The smallest absolute Gasteiger partial charge is 0.242 e. The minimum absolute atomic E-state index is 0. The lowest BCUT2D eigenvalue weighted by molar-refractivity contribution is -0.136. The lowest BCUT2D eigenvalue weighted by Crippen LogP contribution is -2.51. The van der Waals surface area contributed by atoms with Crippen LogP contribution in [0.1, 0.15) is 12.8 Å². The quantitative estimate of drug-likeness (QED) is 0.849. The molecule has 2 atom stereocenters. The fourth-order valence-corrected chi connectivity index (χ4v) is 2.75. The lowest BCUT2D eigenvalue weighted by Gasteiger charge is -2.34. The van der Waals surface area contributed by atoms with Crippen LogP contribution in [0.5, 0.6) is 5.75 Å². The molecule has 1 heterocycles. The maximum absolute atomic E-state index is 12.2. The van der Waals surface area contributed by atoms with E-state index in [2.05, 4.69) is 0 Å². The molecule has 0 bridgehead atoms. The zero-order valence-corrected chi connectivity index (χ0v) is 15.2. The average molecular weight is 384 g/mol. The molecule has 1 aliphatic rings. The van der Waals surface area contributed by atoms with E-state index >= 15 is 0 Å². The minimum Gasteiger partial charge on any atom is -0.489 e. The molecule has 1 aromatic carbocycles. The van der Waals surface area contributed by atoms with Crippen LogP contribution in [0.15, 0.2) is 18.2 Å². The third-order valence-electron chi connectivity index (χ3n) is 3.55. The highest BCUT2D eigenvalue weighted by molar-refractivity contribution is 6.42. The van der Waals surface area contributed by atoms with E-state index < -0.39 is 6.04 Å². The molecule has 2 rings (SSSR count). The van der Waals surface area contributed by atoms with Gasteiger partial charge in [0.2, 0.25) is 5.91 Å². The molecule has 1 aliphatic heterocycles. The van der Waals surface area contributed by atoms with Crippen LogP contribution in [-0.4, -0.2) is 49.8 Å². The Morgan fingerprint density at radius 2 is 2.17 bits per heavy atom. The molecular weight excluding hydrogens is 363 g/mol. The number of piperidine rings is 1. The van der Waals surface area contributed by atoms with Crippen LogP contribution < -0.4 is 10.5 Å². The SMILES string of the molecule is COCC(N)C(=O)N1CCCC(Oc2ccc(Cl)c(Cl)c2)C1.Cl. The number of nitrogens with two attached hydrogens (primary N) is 1. The summed E-state index contributed by atoms with van der Waals surface area (Å²) in [6.45, 7) is 1.42. The standard InChI is InChI=1S/C15H20Cl2N2O3.ClH/c1-21-9-14(18)15(20)19-6-2-3-11(8-19)22-10-4-5-12(16)13(17)7-10;/h4-5,7,11,14H,2-3,6,8-9,18H2,1H3;1H. The van der Waals surface area contributed by atoms with Crippen molar-refractivity contribution in [2.45, 2.75) is 25.0 Å². The number of amides is 1. The molecule has 0 aromatic heterocycles. The first-order chi connectivity index (χ1) is 10.5. The first-order valence-electron chi connectivity index (χ1n) is 7.16. The van der Waals surface area contributed by atoms with Crippen molar-refractivity contribution in [1.82, 2.24) is 4.90 Å². The summed E-state index contributed by atoms with van der Waals surface area (Å²) in [5, 5.41) is 0.935. The first kappa shape index (κ1) is 20.3. The zero-order valence-electron chi connectivity index (χ0n) is 12.8. The van der Waals surface area contributed by atoms with Gasteiger partial charge in [0.15, 0.2) is 0 Å². The number of likely N-dealkylation sites (tertiary alicyclic amines) is 1. The summed E-state index contributed by atoms with van der Waals surface area (Å²) >= 11 is 11.9. The van der Waals surface area contributed by atoms with E-state index in [1.807, 2.05) is 0 Å². The number of nitrogens with zero attached hydrogens (tertiary/aromatic N) is 1. The number of halogens is 3. The van der Waals surface area contributed by atoms with E-state index in [9.17, 15) is 4.79 Å². The van der Waals surface area contributed by atoms with Gasteiger partial charge < -0.3 is 20.1 Å². The Labute approximate surface area is 152 Å². The van der Waals surface area contributed by atoms with Gasteiger partial charge in [-0.1, -0.05) is 23.2 Å². The third-order valence-corrected chi connectivity index (χ3v) is 4.29. The monoisotopic (exact) mass is 382 g/mol. The highest BCUT2D eigenvalue weighted by Crippen LogP contribution is 2.28. The van der Waals surface area contributed by atoms with Gasteiger partial charge in [-0.2, -0.15) is 0 Å². The van der Waals surface area contributed by atoms with Crippen molar-refractivity contribution in [3.8, 4) is 5.75 Å². The molecule has 8 heteroatoms. The summed E-state index contributed by atoms with van der Waals surface area (Å²) in [5.74, 6) is 0.541. The van der Waals surface area contributed by atoms with E-state index in [4.69, 9.17) is 38.4 Å². The van der Waals surface area contributed by atoms with Gasteiger partial charge in [-0.05, 0) is 25.0 Å². The lowest BCUT2D eigenvalue weighted by atomic mass is 10.1. The number of ether oxygens (including phenoxy) is 2. The van der Waals surface area contributed by atoms with Crippen LogP contribution in [-0.2, 0) is 9.53 Å². The van der Waals surface area contributed by atoms with Crippen LogP contribution >= 0.6 is 35.6 Å². The molecule has 2 N–H and O–H groups in total. The summed E-state index contributed by atoms with van der Waals surface area (Å²) in [6.07, 6.45) is 1.67. The summed E-state index contributed by atoms with van der Waals surface area (Å²) in [5.41, 5.74) is 5.80. The molecule has 1 saturated heterocycles. The fraction of sp³-hybridized carbons (Fsp3) is 0.533. The Morgan fingerprint density at radius 3 is 2.83 bits per heavy atom. The Balaban J connectivity index is 0.00000264. The number of benzene rings is 1. The number of hydrogen-bond donors (Lipinski definition) is 1. The van der Waals surface area contributed by atoms with Gasteiger partial charge in [-0.15, -0.1) is 12.4 Å². The predicted octanol–water partition coefficient (Wildman–Crippen LogP) is 2.76. The molecule has 5 nitrogen and oxygen atoms in total. The zero-order chi connectivity index (χ0) is 16.1. The van der Waals surface area contributed by atoms with Crippen LogP contribution in [0.4, 0.5) is 0 Å². The van der Waals surface area contributed by atoms with Gasteiger partial charge in [-0.3, -0.25) is 4.79 Å². The second kappa shape index (κ2) is 9.55. The van der Waals surface area contributed by atoms with Gasteiger partial charge in [0.05, 0.1) is 23.2 Å². The summed E-state index contributed by atoms with van der Waals surface area (Å²) < 4.78 is 10.8. The number of methoxy groups -OCH3 is 1. The molecule has 1 aromatic rings. The number of hydrogen-bond acceptors (Lipinski definition) is 4. The average Bonchev–Trinajstić information content (AvgIpc) is 2.51. The highest BCUT2D eigenvalue weighted by Gasteiger charge is 2.28. The maximum atomic E-state index is 12.2. The van der Waals surface area contributed by atoms with E-state index in [0.717, 1.165) is 12.8 Å². The summed E-state index contributed by atoms with van der Waals surface area (Å²) in [4.78, 5) is 13.9. The van der Waals surface area contributed by atoms with Crippen LogP contribution in [0.2, 0.25) is 10.0 Å². The van der Waals surface area contributed by atoms with Gasteiger partial charge in [-0.25, -0.2) is 0 Å². The van der Waals surface area contributed by atoms with Crippen molar-refractivity contribution in [2.75, 3.05) is 26.8 Å². The van der Waals surface area contributed by atoms with Crippen LogP contribution in [0, 0.1) is 0 Å². The van der Waals surface area contributed by atoms with Gasteiger partial charge in [0.25, 0.3) is 0 Å². The molecule has 1 fully saturated rings. The predicted molar refractivity (Wildman–Crippen MR) is 93.8 cm³/mol. The molecule has 2 unspecified atom stereocenters. The van der Waals surface area contributed by atoms with Crippen molar-refractivity contribution >= 4 is 41.5 Å². The molecule has 0 aliphatic carbocycles. The Bertz CT molecular complexity index is 531. The minimum atomic E-state index is -0.631. The Morgan fingerprint density at radius 1 is 1.43 bits per heavy atom. The number of carbonyl (C=O) groups is 1. The van der Waals surface area contributed by atoms with Gasteiger partial charge in [0, 0.05) is 19.7 Å². The van der Waals surface area contributed by atoms with E-state index in [0.29, 0.717) is 28.9 Å². The van der Waals surface area contributed by atoms with Crippen molar-refractivity contribution in [1.29, 1.82) is 0 Å². The molecule has 0 spiro atoms. The Kier molecular flexibility index (Phi) is 8.44. The van der Waals surface area contributed by atoms with Crippen molar-refractivity contribution in [3.05, 3.63) is 28.2 Å².